The number of urea groups is 1. The van der Waals surface area contributed by atoms with Crippen molar-refractivity contribution >= 4 is 6.03 Å². The third kappa shape index (κ3) is 4.81. The Morgan fingerprint density at radius 1 is 1.38 bits per heavy atom. The number of amides is 2. The quantitative estimate of drug-likeness (QED) is 0.724. The molecule has 24 heavy (non-hydrogen) atoms. The van der Waals surface area contributed by atoms with Gasteiger partial charge in [-0.1, -0.05) is 12.1 Å². The van der Waals surface area contributed by atoms with Crippen LogP contribution in [-0.2, 0) is 23.5 Å². The maximum Gasteiger partial charge on any atom is 0.315 e. The summed E-state index contributed by atoms with van der Waals surface area (Å²) in [5.74, 6) is -0.0177. The van der Waals surface area contributed by atoms with Crippen molar-refractivity contribution in [1.82, 2.24) is 10.6 Å². The van der Waals surface area contributed by atoms with Crippen molar-refractivity contribution in [3.05, 3.63) is 59.3 Å². The zero-order valence-electron chi connectivity index (χ0n) is 13.6. The van der Waals surface area contributed by atoms with Crippen LogP contribution in [0.15, 0.2) is 41.0 Å². The number of carbonyl (C=O) groups is 1. The van der Waals surface area contributed by atoms with E-state index in [0.717, 1.165) is 0 Å². The summed E-state index contributed by atoms with van der Waals surface area (Å²) in [5.41, 5.74) is -0.227. The number of furan rings is 1. The van der Waals surface area contributed by atoms with Gasteiger partial charge < -0.3 is 24.9 Å². The molecule has 0 fully saturated rings. The van der Waals surface area contributed by atoms with Crippen molar-refractivity contribution in [3.63, 3.8) is 0 Å². The molecule has 6 nitrogen and oxygen atoms in total. The normalized spacial score (nSPS) is 13.3. The minimum absolute atomic E-state index is 0.0204. The van der Waals surface area contributed by atoms with E-state index in [0.29, 0.717) is 16.9 Å². The van der Waals surface area contributed by atoms with Crippen LogP contribution in [0.25, 0.3) is 0 Å². The van der Waals surface area contributed by atoms with Crippen LogP contribution in [0.4, 0.5) is 9.18 Å². The highest BCUT2D eigenvalue weighted by Crippen LogP contribution is 2.19. The highest BCUT2D eigenvalue weighted by molar-refractivity contribution is 5.73. The highest BCUT2D eigenvalue weighted by Gasteiger charge is 2.26. The molecule has 3 N–H and O–H groups in total. The third-order valence-electron chi connectivity index (χ3n) is 3.52. The van der Waals surface area contributed by atoms with Crippen LogP contribution in [0, 0.1) is 5.82 Å². The average molecular weight is 336 g/mol. The number of ether oxygens (including phenoxy) is 1. The average Bonchev–Trinajstić information content (AvgIpc) is 3.09. The van der Waals surface area contributed by atoms with Gasteiger partial charge in [0.2, 0.25) is 0 Å². The molecule has 0 saturated heterocycles. The molecular weight excluding hydrogens is 315 g/mol. The Morgan fingerprint density at radius 2 is 2.17 bits per heavy atom. The Kier molecular flexibility index (Phi) is 5.94. The number of rotatable bonds is 7. The fourth-order valence-corrected chi connectivity index (χ4v) is 2.14. The zero-order chi connectivity index (χ0) is 17.6. The molecule has 0 aliphatic heterocycles. The van der Waals surface area contributed by atoms with Crippen molar-refractivity contribution in [2.75, 3.05) is 13.7 Å². The van der Waals surface area contributed by atoms with Crippen LogP contribution < -0.4 is 10.6 Å². The lowest BCUT2D eigenvalue weighted by molar-refractivity contribution is 0.0367. The molecular formula is C17H21FN2O4. The largest absolute Gasteiger partial charge is 0.466 e. The van der Waals surface area contributed by atoms with E-state index >= 15 is 0 Å². The molecule has 1 unspecified atom stereocenters. The van der Waals surface area contributed by atoms with E-state index in [1.165, 1.54) is 26.4 Å². The van der Waals surface area contributed by atoms with Crippen molar-refractivity contribution in [3.8, 4) is 0 Å². The summed E-state index contributed by atoms with van der Waals surface area (Å²) in [6, 6.07) is 7.51. The second kappa shape index (κ2) is 7.94. The number of benzene rings is 1. The minimum Gasteiger partial charge on any atom is -0.466 e. The predicted octanol–water partition coefficient (Wildman–Crippen LogP) is 2.27. The van der Waals surface area contributed by atoms with Gasteiger partial charge in [0.25, 0.3) is 0 Å². The first-order valence-corrected chi connectivity index (χ1v) is 7.46. The van der Waals surface area contributed by atoms with Crippen molar-refractivity contribution in [2.45, 2.75) is 25.7 Å². The van der Waals surface area contributed by atoms with Gasteiger partial charge in [-0.3, -0.25) is 0 Å². The van der Waals surface area contributed by atoms with E-state index < -0.39 is 11.6 Å². The van der Waals surface area contributed by atoms with Crippen LogP contribution in [0.5, 0.6) is 0 Å². The summed E-state index contributed by atoms with van der Waals surface area (Å²) in [5, 5.41) is 15.4. The lowest BCUT2D eigenvalue weighted by Crippen LogP contribution is -2.43. The van der Waals surface area contributed by atoms with Gasteiger partial charge in [0.15, 0.2) is 0 Å². The van der Waals surface area contributed by atoms with E-state index in [-0.39, 0.29) is 25.5 Å². The number of hydrogen-bond acceptors (Lipinski definition) is 4. The van der Waals surface area contributed by atoms with Gasteiger partial charge in [0.05, 0.1) is 19.4 Å². The fourth-order valence-electron chi connectivity index (χ4n) is 2.14. The number of halogens is 1. The van der Waals surface area contributed by atoms with E-state index in [1.807, 2.05) is 0 Å². The number of nitrogens with one attached hydrogen (secondary N) is 2. The van der Waals surface area contributed by atoms with Crippen molar-refractivity contribution < 1.29 is 23.4 Å². The van der Waals surface area contributed by atoms with E-state index in [2.05, 4.69) is 10.6 Å². The second-order valence-electron chi connectivity index (χ2n) is 5.65. The number of methoxy groups -OCH3 is 1. The highest BCUT2D eigenvalue weighted by atomic mass is 19.1. The van der Waals surface area contributed by atoms with Gasteiger partial charge in [-0.25, -0.2) is 9.18 Å². The first-order valence-electron chi connectivity index (χ1n) is 7.46. The molecule has 7 heteroatoms. The maximum absolute atomic E-state index is 13.8. The molecule has 2 amide bonds. The third-order valence-corrected chi connectivity index (χ3v) is 3.52. The molecule has 0 bridgehead atoms. The molecule has 1 atom stereocenters. The van der Waals surface area contributed by atoms with Crippen molar-refractivity contribution in [1.29, 1.82) is 0 Å². The number of carbonyl (C=O) groups excluding carboxylic acids is 1. The Hall–Kier alpha value is -2.38. The number of aliphatic hydroxyl groups is 1. The molecule has 1 heterocycles. The molecule has 0 spiro atoms. The van der Waals surface area contributed by atoms with Crippen LogP contribution in [-0.4, -0.2) is 24.8 Å². The molecule has 130 valence electrons. The lowest BCUT2D eigenvalue weighted by atomic mass is 10.0. The second-order valence-corrected chi connectivity index (χ2v) is 5.65. The molecule has 0 aliphatic rings. The monoisotopic (exact) mass is 336 g/mol. The van der Waals surface area contributed by atoms with E-state index in [4.69, 9.17) is 9.15 Å². The summed E-state index contributed by atoms with van der Waals surface area (Å²) in [4.78, 5) is 11.8. The van der Waals surface area contributed by atoms with Gasteiger partial charge in [-0.15, -0.1) is 0 Å². The molecule has 0 aliphatic carbocycles. The summed E-state index contributed by atoms with van der Waals surface area (Å²) >= 11 is 0. The standard InChI is InChI=1S/C17H21FN2O4/c1-17(22,15-4-3-7-24-15)11-20-16(21)19-9-12-5-6-13(10-23-2)14(18)8-12/h3-8,22H,9-11H2,1-2H3,(H2,19,20,21). The number of hydrogen-bond donors (Lipinski definition) is 3. The van der Waals surface area contributed by atoms with Crippen LogP contribution in [0.2, 0.25) is 0 Å². The zero-order valence-corrected chi connectivity index (χ0v) is 13.6. The summed E-state index contributed by atoms with van der Waals surface area (Å²) in [7, 11) is 1.50. The SMILES string of the molecule is COCc1ccc(CNC(=O)NCC(C)(O)c2ccco2)cc1F. The topological polar surface area (TPSA) is 83.7 Å². The Morgan fingerprint density at radius 3 is 2.79 bits per heavy atom. The van der Waals surface area contributed by atoms with Crippen LogP contribution >= 0.6 is 0 Å². The predicted molar refractivity (Wildman–Crippen MR) is 85.6 cm³/mol. The Labute approximate surface area is 139 Å². The van der Waals surface area contributed by atoms with Gasteiger partial charge >= 0.3 is 6.03 Å². The smallest absolute Gasteiger partial charge is 0.315 e. The summed E-state index contributed by atoms with van der Waals surface area (Å²) < 4.78 is 23.8. The van der Waals surface area contributed by atoms with Crippen LogP contribution in [0.3, 0.4) is 0 Å². The first-order chi connectivity index (χ1) is 11.4. The Bertz CT molecular complexity index is 671. The van der Waals surface area contributed by atoms with Gasteiger partial charge in [0.1, 0.15) is 17.2 Å². The molecule has 2 rings (SSSR count). The maximum atomic E-state index is 13.8. The molecule has 1 aromatic heterocycles. The van der Waals surface area contributed by atoms with E-state index in [9.17, 15) is 14.3 Å². The molecule has 0 saturated carbocycles. The fraction of sp³-hybridized carbons (Fsp3) is 0.353. The van der Waals surface area contributed by atoms with Crippen LogP contribution in [0.1, 0.15) is 23.8 Å². The molecule has 2 aromatic rings. The minimum atomic E-state index is -1.31. The first kappa shape index (κ1) is 18.0. The van der Waals surface area contributed by atoms with Gasteiger partial charge in [-0.05, 0) is 30.7 Å². The summed E-state index contributed by atoms with van der Waals surface area (Å²) in [6.45, 7) is 1.88. The lowest BCUT2D eigenvalue weighted by Gasteiger charge is -2.21. The van der Waals surface area contributed by atoms with Gasteiger partial charge in [0, 0.05) is 19.2 Å². The summed E-state index contributed by atoms with van der Waals surface area (Å²) in [6.07, 6.45) is 1.45. The van der Waals surface area contributed by atoms with E-state index in [1.54, 1.807) is 24.3 Å². The Balaban J connectivity index is 1.82. The molecule has 0 radical (unpaired) electrons. The van der Waals surface area contributed by atoms with Crippen molar-refractivity contribution in [2.24, 2.45) is 0 Å². The van der Waals surface area contributed by atoms with Gasteiger partial charge in [-0.2, -0.15) is 0 Å². The molecule has 1 aromatic carbocycles.